The third-order valence-electron chi connectivity index (χ3n) is 3.89. The summed E-state index contributed by atoms with van der Waals surface area (Å²) in [5, 5.41) is 6.66. The molecule has 1 aromatic carbocycles. The minimum Gasteiger partial charge on any atom is -0.357 e. The minimum atomic E-state index is 0. The Morgan fingerprint density at radius 2 is 1.93 bits per heavy atom. The predicted octanol–water partition coefficient (Wildman–Crippen LogP) is 3.18. The largest absolute Gasteiger partial charge is 0.357 e. The van der Waals surface area contributed by atoms with Gasteiger partial charge in [-0.15, -0.1) is 24.0 Å². The van der Waals surface area contributed by atoms with Crippen molar-refractivity contribution in [3.63, 3.8) is 0 Å². The van der Waals surface area contributed by atoms with Crippen molar-refractivity contribution < 1.29 is 0 Å². The molecule has 0 radical (unpaired) electrons. The van der Waals surface area contributed by atoms with E-state index in [-0.39, 0.29) is 24.0 Å². The molecule has 0 aliphatic heterocycles. The van der Waals surface area contributed by atoms with E-state index in [4.69, 9.17) is 0 Å². The number of imidazole rings is 1. The molecule has 6 nitrogen and oxygen atoms in total. The molecule has 0 atom stereocenters. The Balaban J connectivity index is 0.00000261. The Bertz CT molecular complexity index is 800. The molecule has 2 heterocycles. The molecule has 27 heavy (non-hydrogen) atoms. The average molecular weight is 476 g/mol. The van der Waals surface area contributed by atoms with Crippen molar-refractivity contribution in [1.82, 2.24) is 25.2 Å². The van der Waals surface area contributed by atoms with E-state index in [0.29, 0.717) is 6.54 Å². The van der Waals surface area contributed by atoms with Gasteiger partial charge in [-0.25, -0.2) is 15.0 Å². The van der Waals surface area contributed by atoms with Gasteiger partial charge in [0.1, 0.15) is 12.1 Å². The van der Waals surface area contributed by atoms with Gasteiger partial charge in [-0.2, -0.15) is 0 Å². The fraction of sp³-hybridized carbons (Fsp3) is 0.250. The number of benzene rings is 1. The molecule has 0 aliphatic rings. The van der Waals surface area contributed by atoms with Crippen LogP contribution in [0.2, 0.25) is 0 Å². The van der Waals surface area contributed by atoms with Crippen molar-refractivity contribution in [1.29, 1.82) is 0 Å². The van der Waals surface area contributed by atoms with Gasteiger partial charge >= 0.3 is 0 Å². The van der Waals surface area contributed by atoms with Gasteiger partial charge in [0.15, 0.2) is 5.96 Å². The van der Waals surface area contributed by atoms with Crippen molar-refractivity contribution in [2.45, 2.75) is 19.9 Å². The third-order valence-corrected chi connectivity index (χ3v) is 3.89. The Morgan fingerprint density at radius 1 is 1.07 bits per heavy atom. The Hall–Kier alpha value is -2.42. The quantitative estimate of drug-likeness (QED) is 0.312. The van der Waals surface area contributed by atoms with Crippen LogP contribution >= 0.6 is 24.0 Å². The second-order valence-electron chi connectivity index (χ2n) is 5.85. The maximum atomic E-state index is 4.64. The lowest BCUT2D eigenvalue weighted by atomic mass is 10.1. The van der Waals surface area contributed by atoms with Crippen LogP contribution in [-0.2, 0) is 13.0 Å². The first-order valence-corrected chi connectivity index (χ1v) is 8.84. The van der Waals surface area contributed by atoms with Crippen LogP contribution < -0.4 is 10.6 Å². The standard InChI is InChI=1S/C20H24N6.HI/c1-2-22-20(23-11-10-17-6-4-3-5-7-17)25-15-18-8-9-19(24-14-18)26-13-12-21-16-26;/h3-9,12-14,16H,2,10-11,15H2,1H3,(H2,22,23,25);1H. The third kappa shape index (κ3) is 6.67. The highest BCUT2D eigenvalue weighted by Gasteiger charge is 2.00. The van der Waals surface area contributed by atoms with Crippen LogP contribution in [0.25, 0.3) is 5.82 Å². The summed E-state index contributed by atoms with van der Waals surface area (Å²) in [7, 11) is 0. The van der Waals surface area contributed by atoms with Gasteiger partial charge in [0.2, 0.25) is 0 Å². The zero-order valence-electron chi connectivity index (χ0n) is 15.4. The molecule has 0 unspecified atom stereocenters. The van der Waals surface area contributed by atoms with Gasteiger partial charge in [-0.05, 0) is 30.5 Å². The van der Waals surface area contributed by atoms with Crippen molar-refractivity contribution in [3.05, 3.63) is 78.5 Å². The molecular weight excluding hydrogens is 451 g/mol. The summed E-state index contributed by atoms with van der Waals surface area (Å²) in [6.07, 6.45) is 8.17. The van der Waals surface area contributed by atoms with Gasteiger partial charge in [-0.3, -0.25) is 4.57 Å². The first-order valence-electron chi connectivity index (χ1n) is 8.84. The number of pyridine rings is 1. The van der Waals surface area contributed by atoms with Crippen molar-refractivity contribution in [2.75, 3.05) is 13.1 Å². The van der Waals surface area contributed by atoms with E-state index in [1.165, 1.54) is 5.56 Å². The number of rotatable bonds is 7. The zero-order valence-corrected chi connectivity index (χ0v) is 17.7. The van der Waals surface area contributed by atoms with E-state index in [1.807, 2.05) is 35.2 Å². The second kappa shape index (κ2) is 11.3. The maximum Gasteiger partial charge on any atom is 0.191 e. The highest BCUT2D eigenvalue weighted by molar-refractivity contribution is 14.0. The van der Waals surface area contributed by atoms with E-state index in [2.05, 4.69) is 56.8 Å². The SMILES string of the molecule is CCNC(=NCc1ccc(-n2ccnc2)nc1)NCCc1ccccc1.I. The van der Waals surface area contributed by atoms with Crippen LogP contribution in [-0.4, -0.2) is 33.6 Å². The molecule has 0 saturated heterocycles. The molecule has 2 aromatic heterocycles. The van der Waals surface area contributed by atoms with Crippen LogP contribution in [0.3, 0.4) is 0 Å². The maximum absolute atomic E-state index is 4.64. The monoisotopic (exact) mass is 476 g/mol. The van der Waals surface area contributed by atoms with Crippen LogP contribution in [0.5, 0.6) is 0 Å². The summed E-state index contributed by atoms with van der Waals surface area (Å²) >= 11 is 0. The van der Waals surface area contributed by atoms with E-state index in [0.717, 1.165) is 36.9 Å². The van der Waals surface area contributed by atoms with Crippen LogP contribution in [0.4, 0.5) is 0 Å². The molecule has 3 rings (SSSR count). The van der Waals surface area contributed by atoms with Gasteiger partial charge < -0.3 is 10.6 Å². The number of nitrogens with one attached hydrogen (secondary N) is 2. The summed E-state index contributed by atoms with van der Waals surface area (Å²) in [5.74, 6) is 1.67. The molecule has 0 bridgehead atoms. The molecule has 0 fully saturated rings. The number of hydrogen-bond acceptors (Lipinski definition) is 3. The van der Waals surface area contributed by atoms with Crippen molar-refractivity contribution in [2.24, 2.45) is 4.99 Å². The lowest BCUT2D eigenvalue weighted by Gasteiger charge is -2.11. The second-order valence-corrected chi connectivity index (χ2v) is 5.85. The lowest BCUT2D eigenvalue weighted by molar-refractivity contribution is 0.799. The molecule has 0 saturated carbocycles. The number of halogens is 1. The number of aliphatic imine (C=N–C) groups is 1. The highest BCUT2D eigenvalue weighted by Crippen LogP contribution is 2.06. The summed E-state index contributed by atoms with van der Waals surface area (Å²) in [4.78, 5) is 13.1. The topological polar surface area (TPSA) is 67.1 Å². The molecular formula is C20H25IN6. The number of nitrogens with zero attached hydrogens (tertiary/aromatic N) is 4. The average Bonchev–Trinajstić information content (AvgIpc) is 3.22. The molecule has 2 N–H and O–H groups in total. The predicted molar refractivity (Wildman–Crippen MR) is 120 cm³/mol. The summed E-state index contributed by atoms with van der Waals surface area (Å²) in [5.41, 5.74) is 2.38. The van der Waals surface area contributed by atoms with E-state index in [9.17, 15) is 0 Å². The fourth-order valence-electron chi connectivity index (χ4n) is 2.54. The van der Waals surface area contributed by atoms with E-state index < -0.39 is 0 Å². The lowest BCUT2D eigenvalue weighted by Crippen LogP contribution is -2.38. The fourth-order valence-corrected chi connectivity index (χ4v) is 2.54. The first-order chi connectivity index (χ1) is 12.8. The van der Waals surface area contributed by atoms with Gasteiger partial charge in [0.05, 0.1) is 6.54 Å². The van der Waals surface area contributed by atoms with Gasteiger partial charge in [0, 0.05) is 31.7 Å². The van der Waals surface area contributed by atoms with Crippen molar-refractivity contribution >= 4 is 29.9 Å². The van der Waals surface area contributed by atoms with Crippen molar-refractivity contribution in [3.8, 4) is 5.82 Å². The highest BCUT2D eigenvalue weighted by atomic mass is 127. The van der Waals surface area contributed by atoms with Gasteiger partial charge in [0.25, 0.3) is 0 Å². The van der Waals surface area contributed by atoms with Crippen LogP contribution in [0.15, 0.2) is 72.4 Å². The summed E-state index contributed by atoms with van der Waals surface area (Å²) in [6.45, 7) is 4.32. The molecule has 7 heteroatoms. The zero-order chi connectivity index (χ0) is 18.0. The smallest absolute Gasteiger partial charge is 0.191 e. The Labute approximate surface area is 177 Å². The summed E-state index contributed by atoms with van der Waals surface area (Å²) < 4.78 is 1.88. The number of aromatic nitrogens is 3. The minimum absolute atomic E-state index is 0. The molecule has 0 spiro atoms. The molecule has 0 amide bonds. The summed E-state index contributed by atoms with van der Waals surface area (Å²) in [6, 6.07) is 14.5. The van der Waals surface area contributed by atoms with E-state index in [1.54, 1.807) is 12.5 Å². The molecule has 142 valence electrons. The van der Waals surface area contributed by atoms with Gasteiger partial charge in [-0.1, -0.05) is 36.4 Å². The van der Waals surface area contributed by atoms with Crippen LogP contribution in [0.1, 0.15) is 18.1 Å². The Morgan fingerprint density at radius 3 is 2.59 bits per heavy atom. The normalized spacial score (nSPS) is 10.9. The van der Waals surface area contributed by atoms with Crippen LogP contribution in [0, 0.1) is 0 Å². The Kier molecular flexibility index (Phi) is 8.76. The molecule has 3 aromatic rings. The first kappa shape index (κ1) is 20.9. The number of hydrogen-bond donors (Lipinski definition) is 2. The molecule has 0 aliphatic carbocycles. The number of guanidine groups is 1. The van der Waals surface area contributed by atoms with E-state index >= 15 is 0 Å².